The molecule has 0 heterocycles. The lowest BCUT2D eigenvalue weighted by atomic mass is 10.1. The summed E-state index contributed by atoms with van der Waals surface area (Å²) in [5.41, 5.74) is 1.05. The van der Waals surface area contributed by atoms with Gasteiger partial charge in [-0.2, -0.15) is 0 Å². The zero-order valence-electron chi connectivity index (χ0n) is 8.79. The number of amides is 1. The number of halogens is 1. The van der Waals surface area contributed by atoms with Crippen molar-refractivity contribution >= 4 is 22.0 Å². The summed E-state index contributed by atoms with van der Waals surface area (Å²) in [6.45, 7) is 4.09. The summed E-state index contributed by atoms with van der Waals surface area (Å²) in [6.07, 6.45) is -0.382. The van der Waals surface area contributed by atoms with Gasteiger partial charge in [0.15, 0.2) is 0 Å². The first kappa shape index (κ1) is 12.0. The van der Waals surface area contributed by atoms with Crippen LogP contribution in [-0.4, -0.2) is 12.7 Å². The van der Waals surface area contributed by atoms with Gasteiger partial charge in [0.05, 0.1) is 12.6 Å². The summed E-state index contributed by atoms with van der Waals surface area (Å²) in [5, 5.41) is 2.74. The molecule has 0 unspecified atom stereocenters. The van der Waals surface area contributed by atoms with Gasteiger partial charge in [-0.3, -0.25) is 0 Å². The molecule has 1 atom stereocenters. The molecule has 0 aliphatic rings. The van der Waals surface area contributed by atoms with Crippen LogP contribution in [0.25, 0.3) is 0 Å². The Morgan fingerprint density at radius 2 is 2.07 bits per heavy atom. The molecule has 0 radical (unpaired) electrons. The number of carbonyl (C=O) groups excluding carboxylic acids is 1. The van der Waals surface area contributed by atoms with E-state index < -0.39 is 0 Å². The number of hydrogen-bond acceptors (Lipinski definition) is 2. The van der Waals surface area contributed by atoms with Gasteiger partial charge in [-0.1, -0.05) is 28.1 Å². The van der Waals surface area contributed by atoms with Gasteiger partial charge in [-0.15, -0.1) is 0 Å². The van der Waals surface area contributed by atoms with E-state index in [1.165, 1.54) is 0 Å². The van der Waals surface area contributed by atoms with Crippen molar-refractivity contribution in [3.63, 3.8) is 0 Å². The van der Waals surface area contributed by atoms with Crippen molar-refractivity contribution in [1.29, 1.82) is 0 Å². The minimum atomic E-state index is -0.382. The molecule has 1 N–H and O–H groups in total. The molecule has 0 aliphatic carbocycles. The van der Waals surface area contributed by atoms with Crippen LogP contribution in [-0.2, 0) is 4.74 Å². The molecule has 1 amide bonds. The highest BCUT2D eigenvalue weighted by Crippen LogP contribution is 2.16. The Bertz CT molecular complexity index is 324. The zero-order valence-corrected chi connectivity index (χ0v) is 10.4. The Morgan fingerprint density at radius 1 is 1.47 bits per heavy atom. The number of rotatable bonds is 3. The van der Waals surface area contributed by atoms with Crippen molar-refractivity contribution in [3.8, 4) is 0 Å². The molecule has 0 saturated carbocycles. The number of ether oxygens (including phenoxy) is 1. The van der Waals surface area contributed by atoms with Crippen LogP contribution in [0.5, 0.6) is 0 Å². The highest BCUT2D eigenvalue weighted by molar-refractivity contribution is 9.10. The monoisotopic (exact) mass is 271 g/mol. The van der Waals surface area contributed by atoms with E-state index in [0.717, 1.165) is 10.0 Å². The molecule has 1 aromatic carbocycles. The molecule has 0 aliphatic heterocycles. The summed E-state index contributed by atoms with van der Waals surface area (Å²) < 4.78 is 5.82. The van der Waals surface area contributed by atoms with Gasteiger partial charge in [-0.05, 0) is 31.5 Å². The molecule has 0 spiro atoms. The van der Waals surface area contributed by atoms with E-state index in [1.807, 2.05) is 31.2 Å². The van der Waals surface area contributed by atoms with Crippen LogP contribution in [0.1, 0.15) is 25.5 Å². The number of benzene rings is 1. The van der Waals surface area contributed by atoms with E-state index in [0.29, 0.717) is 6.61 Å². The number of nitrogens with one attached hydrogen (secondary N) is 1. The third-order valence-corrected chi connectivity index (χ3v) is 2.51. The second-order valence-corrected chi connectivity index (χ2v) is 4.05. The number of hydrogen-bond donors (Lipinski definition) is 1. The summed E-state index contributed by atoms with van der Waals surface area (Å²) >= 11 is 3.36. The fourth-order valence-corrected chi connectivity index (χ4v) is 1.45. The average molecular weight is 272 g/mol. The molecule has 1 rings (SSSR count). The third kappa shape index (κ3) is 3.91. The van der Waals surface area contributed by atoms with Crippen LogP contribution in [0.3, 0.4) is 0 Å². The Hall–Kier alpha value is -1.03. The van der Waals surface area contributed by atoms with Crippen molar-refractivity contribution in [3.05, 3.63) is 34.3 Å². The lowest BCUT2D eigenvalue weighted by Crippen LogP contribution is -2.27. The first-order valence-electron chi connectivity index (χ1n) is 4.82. The van der Waals surface area contributed by atoms with E-state index in [1.54, 1.807) is 6.92 Å². The maximum absolute atomic E-state index is 11.2. The lowest BCUT2D eigenvalue weighted by molar-refractivity contribution is 0.149. The largest absolute Gasteiger partial charge is 0.450 e. The maximum Gasteiger partial charge on any atom is 0.407 e. The standard InChI is InChI=1S/C11H14BrNO2/c1-3-15-11(14)13-8(2)9-4-6-10(12)7-5-9/h4-8H,3H2,1-2H3,(H,13,14)/t8-/m0/s1. The highest BCUT2D eigenvalue weighted by Gasteiger charge is 2.09. The van der Waals surface area contributed by atoms with Crippen LogP contribution >= 0.6 is 15.9 Å². The predicted molar refractivity (Wildman–Crippen MR) is 62.7 cm³/mol. The fraction of sp³-hybridized carbons (Fsp3) is 0.364. The fourth-order valence-electron chi connectivity index (χ4n) is 1.18. The molecule has 3 nitrogen and oxygen atoms in total. The molecule has 82 valence electrons. The molecular formula is C11H14BrNO2. The molecule has 0 aromatic heterocycles. The van der Waals surface area contributed by atoms with E-state index in [9.17, 15) is 4.79 Å². The van der Waals surface area contributed by atoms with Gasteiger partial charge in [0.2, 0.25) is 0 Å². The Morgan fingerprint density at radius 3 is 2.60 bits per heavy atom. The normalized spacial score (nSPS) is 11.9. The van der Waals surface area contributed by atoms with Crippen molar-refractivity contribution in [2.24, 2.45) is 0 Å². The van der Waals surface area contributed by atoms with Gasteiger partial charge >= 0.3 is 6.09 Å². The first-order chi connectivity index (χ1) is 7.13. The topological polar surface area (TPSA) is 38.3 Å². The van der Waals surface area contributed by atoms with Crippen LogP contribution in [0, 0.1) is 0 Å². The molecule has 0 bridgehead atoms. The smallest absolute Gasteiger partial charge is 0.407 e. The van der Waals surface area contributed by atoms with Gasteiger partial charge in [-0.25, -0.2) is 4.79 Å². The van der Waals surface area contributed by atoms with Crippen molar-refractivity contribution in [2.75, 3.05) is 6.61 Å². The predicted octanol–water partition coefficient (Wildman–Crippen LogP) is 3.26. The molecule has 4 heteroatoms. The van der Waals surface area contributed by atoms with Gasteiger partial charge < -0.3 is 10.1 Å². The average Bonchev–Trinajstić information content (AvgIpc) is 2.18. The van der Waals surface area contributed by atoms with Crippen LogP contribution in [0.2, 0.25) is 0 Å². The second kappa shape index (κ2) is 5.75. The Labute approximate surface area is 97.9 Å². The van der Waals surface area contributed by atoms with Gasteiger partial charge in [0, 0.05) is 4.47 Å². The van der Waals surface area contributed by atoms with Crippen molar-refractivity contribution < 1.29 is 9.53 Å². The zero-order chi connectivity index (χ0) is 11.3. The first-order valence-corrected chi connectivity index (χ1v) is 5.61. The lowest BCUT2D eigenvalue weighted by Gasteiger charge is -2.13. The van der Waals surface area contributed by atoms with Crippen molar-refractivity contribution in [2.45, 2.75) is 19.9 Å². The van der Waals surface area contributed by atoms with Crippen molar-refractivity contribution in [1.82, 2.24) is 5.32 Å². The summed E-state index contributed by atoms with van der Waals surface area (Å²) in [6, 6.07) is 7.76. The summed E-state index contributed by atoms with van der Waals surface area (Å²) in [7, 11) is 0. The van der Waals surface area contributed by atoms with E-state index in [2.05, 4.69) is 21.2 Å². The molecule has 1 aromatic rings. The highest BCUT2D eigenvalue weighted by atomic mass is 79.9. The maximum atomic E-state index is 11.2. The van der Waals surface area contributed by atoms with E-state index >= 15 is 0 Å². The van der Waals surface area contributed by atoms with Gasteiger partial charge in [0.1, 0.15) is 0 Å². The molecule has 0 fully saturated rings. The molecular weight excluding hydrogens is 258 g/mol. The van der Waals surface area contributed by atoms with Crippen LogP contribution in [0.15, 0.2) is 28.7 Å². The second-order valence-electron chi connectivity index (χ2n) is 3.14. The quantitative estimate of drug-likeness (QED) is 0.917. The SMILES string of the molecule is CCOC(=O)N[C@@H](C)c1ccc(Br)cc1. The molecule has 15 heavy (non-hydrogen) atoms. The van der Waals surface area contributed by atoms with Gasteiger partial charge in [0.25, 0.3) is 0 Å². The third-order valence-electron chi connectivity index (χ3n) is 1.98. The number of alkyl carbamates (subject to hydrolysis) is 1. The van der Waals surface area contributed by atoms with Crippen LogP contribution in [0.4, 0.5) is 4.79 Å². The minimum absolute atomic E-state index is 0.0443. The Kier molecular flexibility index (Phi) is 4.62. The van der Waals surface area contributed by atoms with Crippen LogP contribution < -0.4 is 5.32 Å². The van der Waals surface area contributed by atoms with E-state index in [-0.39, 0.29) is 12.1 Å². The van der Waals surface area contributed by atoms with E-state index in [4.69, 9.17) is 4.74 Å². The summed E-state index contributed by atoms with van der Waals surface area (Å²) in [5.74, 6) is 0. The number of carbonyl (C=O) groups is 1. The minimum Gasteiger partial charge on any atom is -0.450 e. The Balaban J connectivity index is 2.57. The summed E-state index contributed by atoms with van der Waals surface area (Å²) in [4.78, 5) is 11.2. The molecule has 0 saturated heterocycles.